The minimum Gasteiger partial charge on any atom is -0.371 e. The second kappa shape index (κ2) is 12.7. The molecule has 37 heavy (non-hydrogen) atoms. The van der Waals surface area contributed by atoms with Gasteiger partial charge in [0.05, 0.1) is 5.75 Å². The second-order valence-corrected chi connectivity index (χ2v) is 12.3. The van der Waals surface area contributed by atoms with Crippen molar-refractivity contribution in [3.8, 4) is 0 Å². The number of benzene rings is 2. The number of halogens is 1. The highest BCUT2D eigenvalue weighted by molar-refractivity contribution is 7.92. The minimum atomic E-state index is -3.46. The zero-order chi connectivity index (χ0) is 27.2. The number of nitrogens with zero attached hydrogens (tertiary/aromatic N) is 3. The predicted octanol–water partition coefficient (Wildman–Crippen LogP) is 4.81. The number of carbonyl (C=O) groups is 1. The van der Waals surface area contributed by atoms with Crippen LogP contribution in [0.2, 0.25) is 0 Å². The zero-order valence-corrected chi connectivity index (χ0v) is 23.5. The molecule has 1 aliphatic rings. The van der Waals surface area contributed by atoms with Crippen LogP contribution in [-0.2, 0) is 16.6 Å². The molecule has 2 aromatic carbocycles. The van der Waals surface area contributed by atoms with E-state index in [2.05, 4.69) is 28.6 Å². The van der Waals surface area contributed by atoms with Gasteiger partial charge in [-0.15, -0.1) is 0 Å². The Morgan fingerprint density at radius 2 is 1.78 bits per heavy atom. The van der Waals surface area contributed by atoms with Crippen LogP contribution >= 0.6 is 0 Å². The summed E-state index contributed by atoms with van der Waals surface area (Å²) in [6, 6.07) is 11.5. The maximum atomic E-state index is 13.5. The lowest BCUT2D eigenvalue weighted by molar-refractivity contribution is 0.0722. The molecule has 0 spiro atoms. The van der Waals surface area contributed by atoms with Gasteiger partial charge in [0.1, 0.15) is 5.82 Å². The molecule has 1 N–H and O–H groups in total. The van der Waals surface area contributed by atoms with Crippen molar-refractivity contribution < 1.29 is 17.6 Å². The molecular formula is C28H41FN4O3S. The molecule has 1 heterocycles. The molecule has 0 saturated carbocycles. The lowest BCUT2D eigenvalue weighted by Crippen LogP contribution is -2.42. The molecule has 2 aromatic rings. The summed E-state index contributed by atoms with van der Waals surface area (Å²) in [5.74, 6) is -0.312. The van der Waals surface area contributed by atoms with Gasteiger partial charge in [0.2, 0.25) is 10.0 Å². The molecule has 0 aliphatic carbocycles. The Balaban J connectivity index is 1.98. The Morgan fingerprint density at radius 3 is 2.38 bits per heavy atom. The summed E-state index contributed by atoms with van der Waals surface area (Å²) in [6.07, 6.45) is 2.58. The summed E-state index contributed by atoms with van der Waals surface area (Å²) in [4.78, 5) is 19.8. The van der Waals surface area contributed by atoms with Crippen molar-refractivity contribution in [3.63, 3.8) is 0 Å². The van der Waals surface area contributed by atoms with Crippen LogP contribution in [0.1, 0.15) is 56.0 Å². The van der Waals surface area contributed by atoms with Crippen molar-refractivity contribution in [3.05, 3.63) is 59.4 Å². The number of carbonyl (C=O) groups excluding carboxylic acids is 1. The number of anilines is 2. The van der Waals surface area contributed by atoms with E-state index in [0.717, 1.165) is 37.2 Å². The molecule has 0 bridgehead atoms. The SMILES string of the molecule is CCCS(=O)(=O)Nc1ccc(N(C)C2CCN(C)CC2)c(CN(CC(C)C)C(=O)c2ccc(F)cc2)c1. The normalized spacial score (nSPS) is 15.1. The third-order valence-corrected chi connectivity index (χ3v) is 8.26. The van der Waals surface area contributed by atoms with Gasteiger partial charge in [0.25, 0.3) is 5.91 Å². The van der Waals surface area contributed by atoms with E-state index in [0.29, 0.717) is 36.8 Å². The maximum absolute atomic E-state index is 13.5. The number of hydrogen-bond donors (Lipinski definition) is 1. The highest BCUT2D eigenvalue weighted by Gasteiger charge is 2.25. The topological polar surface area (TPSA) is 73.0 Å². The standard InChI is InChI=1S/C28H41FN4O3S/c1-6-17-37(35,36)30-25-11-12-27(32(5)26-13-15-31(4)16-14-26)23(18-25)20-33(19-21(2)3)28(34)22-7-9-24(29)10-8-22/h7-12,18,21,26,30H,6,13-17,19-20H2,1-5H3. The van der Waals surface area contributed by atoms with Crippen LogP contribution in [0.4, 0.5) is 15.8 Å². The van der Waals surface area contributed by atoms with Crippen molar-refractivity contribution in [2.75, 3.05) is 49.1 Å². The molecule has 1 amide bonds. The zero-order valence-electron chi connectivity index (χ0n) is 22.7. The number of likely N-dealkylation sites (tertiary alicyclic amines) is 1. The largest absolute Gasteiger partial charge is 0.371 e. The average molecular weight is 533 g/mol. The molecule has 1 saturated heterocycles. The quantitative estimate of drug-likeness (QED) is 0.450. The summed E-state index contributed by atoms with van der Waals surface area (Å²) in [5.41, 5.74) is 2.76. The van der Waals surface area contributed by atoms with Gasteiger partial charge in [0, 0.05) is 43.1 Å². The maximum Gasteiger partial charge on any atom is 0.254 e. The van der Waals surface area contributed by atoms with Crippen LogP contribution in [0.25, 0.3) is 0 Å². The van der Waals surface area contributed by atoms with Crippen molar-refractivity contribution >= 4 is 27.3 Å². The number of sulfonamides is 1. The van der Waals surface area contributed by atoms with E-state index in [9.17, 15) is 17.6 Å². The number of amides is 1. The summed E-state index contributed by atoms with van der Waals surface area (Å²) in [5, 5.41) is 0. The first-order chi connectivity index (χ1) is 17.5. The van der Waals surface area contributed by atoms with Crippen molar-refractivity contribution in [1.29, 1.82) is 0 Å². The molecule has 1 aliphatic heterocycles. The first-order valence-electron chi connectivity index (χ1n) is 13.1. The Hall–Kier alpha value is -2.65. The lowest BCUT2D eigenvalue weighted by atomic mass is 10.0. The van der Waals surface area contributed by atoms with E-state index in [-0.39, 0.29) is 23.4 Å². The Bertz CT molecular complexity index is 1150. The number of rotatable bonds is 11. The second-order valence-electron chi connectivity index (χ2n) is 10.5. The van der Waals surface area contributed by atoms with Gasteiger partial charge >= 0.3 is 0 Å². The summed E-state index contributed by atoms with van der Waals surface area (Å²) < 4.78 is 41.1. The van der Waals surface area contributed by atoms with E-state index in [1.165, 1.54) is 24.3 Å². The van der Waals surface area contributed by atoms with Gasteiger partial charge < -0.3 is 14.7 Å². The molecule has 3 rings (SSSR count). The van der Waals surface area contributed by atoms with E-state index in [4.69, 9.17) is 0 Å². The lowest BCUT2D eigenvalue weighted by Gasteiger charge is -2.38. The molecule has 0 radical (unpaired) electrons. The van der Waals surface area contributed by atoms with Crippen LogP contribution in [0.15, 0.2) is 42.5 Å². The molecule has 9 heteroatoms. The van der Waals surface area contributed by atoms with Crippen molar-refractivity contribution in [2.24, 2.45) is 5.92 Å². The van der Waals surface area contributed by atoms with Gasteiger partial charge in [0.15, 0.2) is 0 Å². The monoisotopic (exact) mass is 532 g/mol. The van der Waals surface area contributed by atoms with Crippen molar-refractivity contribution in [1.82, 2.24) is 9.80 Å². The molecule has 204 valence electrons. The predicted molar refractivity (Wildman–Crippen MR) is 149 cm³/mol. The first-order valence-corrected chi connectivity index (χ1v) is 14.7. The molecule has 7 nitrogen and oxygen atoms in total. The highest BCUT2D eigenvalue weighted by Crippen LogP contribution is 2.30. The minimum absolute atomic E-state index is 0.0438. The fourth-order valence-corrected chi connectivity index (χ4v) is 5.96. The van der Waals surface area contributed by atoms with Crippen molar-refractivity contribution in [2.45, 2.75) is 52.6 Å². The van der Waals surface area contributed by atoms with Crippen LogP contribution in [-0.4, -0.2) is 69.6 Å². The van der Waals surface area contributed by atoms with Gasteiger partial charge in [-0.3, -0.25) is 9.52 Å². The van der Waals surface area contributed by atoms with Crippen LogP contribution in [0, 0.1) is 11.7 Å². The molecule has 0 atom stereocenters. The van der Waals surface area contributed by atoms with E-state index in [1.807, 2.05) is 32.9 Å². The van der Waals surface area contributed by atoms with Gasteiger partial charge in [-0.25, -0.2) is 12.8 Å². The third kappa shape index (κ3) is 8.17. The van der Waals surface area contributed by atoms with Gasteiger partial charge in [-0.05, 0) is 93.3 Å². The third-order valence-electron chi connectivity index (χ3n) is 6.77. The van der Waals surface area contributed by atoms with Crippen LogP contribution in [0.5, 0.6) is 0 Å². The fourth-order valence-electron chi connectivity index (χ4n) is 4.84. The molecule has 1 fully saturated rings. The smallest absolute Gasteiger partial charge is 0.254 e. The highest BCUT2D eigenvalue weighted by atomic mass is 32.2. The van der Waals surface area contributed by atoms with Crippen LogP contribution in [0.3, 0.4) is 0 Å². The van der Waals surface area contributed by atoms with E-state index >= 15 is 0 Å². The number of piperidine rings is 1. The Labute approximate surface area is 221 Å². The van der Waals surface area contributed by atoms with Gasteiger partial charge in [-0.2, -0.15) is 0 Å². The van der Waals surface area contributed by atoms with Gasteiger partial charge in [-0.1, -0.05) is 20.8 Å². The average Bonchev–Trinajstić information content (AvgIpc) is 2.83. The summed E-state index contributed by atoms with van der Waals surface area (Å²) >= 11 is 0. The number of hydrogen-bond acceptors (Lipinski definition) is 5. The van der Waals surface area contributed by atoms with E-state index in [1.54, 1.807) is 11.0 Å². The first kappa shape index (κ1) is 28.9. The fraction of sp³-hybridized carbons (Fsp3) is 0.536. The van der Waals surface area contributed by atoms with Crippen LogP contribution < -0.4 is 9.62 Å². The van der Waals surface area contributed by atoms with E-state index < -0.39 is 10.0 Å². The molecular weight excluding hydrogens is 491 g/mol. The molecule has 0 aromatic heterocycles. The Morgan fingerprint density at radius 1 is 1.14 bits per heavy atom. The summed E-state index contributed by atoms with van der Waals surface area (Å²) in [6.45, 7) is 8.78. The molecule has 0 unspecified atom stereocenters. The number of nitrogens with one attached hydrogen (secondary N) is 1. The Kier molecular flexibility index (Phi) is 9.95. The summed E-state index contributed by atoms with van der Waals surface area (Å²) in [7, 11) is 0.745.